The Morgan fingerprint density at radius 1 is 0.927 bits per heavy atom. The second-order valence-corrected chi connectivity index (χ2v) is 11.4. The first-order chi connectivity index (χ1) is 19.4. The maximum atomic E-state index is 13.0. The number of carbonyl (C=O) groups excluding carboxylic acids is 1. The van der Waals surface area contributed by atoms with Crippen molar-refractivity contribution in [3.63, 3.8) is 0 Å². The van der Waals surface area contributed by atoms with Crippen molar-refractivity contribution in [1.82, 2.24) is 15.4 Å². The van der Waals surface area contributed by atoms with E-state index in [9.17, 15) is 26.4 Å². The number of aliphatic carboxylic acids is 1. The van der Waals surface area contributed by atoms with Crippen molar-refractivity contribution >= 4 is 33.5 Å². The molecule has 1 saturated heterocycles. The molecular formula is C28H29ClF3N3O5S. The Bertz CT molecular complexity index is 1350. The lowest BCUT2D eigenvalue weighted by Gasteiger charge is -2.30. The monoisotopic (exact) mass is 611 g/mol. The normalized spacial score (nSPS) is 17.3. The SMILES string of the molecule is O=C(NCC(c1ccccc1)c1ccccc1)[C@@H]1CNC[C@H](NS(=O)(=O)c2ccc(Cl)cc2)C1.O=C(O)C(F)(F)F. The van der Waals surface area contributed by atoms with Crippen molar-refractivity contribution in [1.29, 1.82) is 0 Å². The summed E-state index contributed by atoms with van der Waals surface area (Å²) in [5.74, 6) is -3.15. The van der Waals surface area contributed by atoms with Crippen molar-refractivity contribution in [2.75, 3.05) is 19.6 Å². The third kappa shape index (κ3) is 9.85. The van der Waals surface area contributed by atoms with Crippen LogP contribution >= 0.6 is 11.6 Å². The first kappa shape index (κ1) is 32.1. The number of carbonyl (C=O) groups is 2. The Balaban J connectivity index is 0.000000587. The molecule has 1 amide bonds. The number of rotatable bonds is 8. The lowest BCUT2D eigenvalue weighted by Crippen LogP contribution is -2.52. The minimum Gasteiger partial charge on any atom is -0.475 e. The fourth-order valence-corrected chi connectivity index (χ4v) is 5.65. The van der Waals surface area contributed by atoms with Gasteiger partial charge in [-0.3, -0.25) is 4.79 Å². The number of carboxylic acid groups (broad SMARTS) is 1. The summed E-state index contributed by atoms with van der Waals surface area (Å²) in [4.78, 5) is 22.1. The fraction of sp³-hybridized carbons (Fsp3) is 0.286. The summed E-state index contributed by atoms with van der Waals surface area (Å²) < 4.78 is 59.9. The molecule has 1 aliphatic heterocycles. The van der Waals surface area contributed by atoms with E-state index in [1.165, 1.54) is 12.1 Å². The molecule has 4 rings (SSSR count). The van der Waals surface area contributed by atoms with Crippen LogP contribution in [-0.2, 0) is 19.6 Å². The van der Waals surface area contributed by atoms with Gasteiger partial charge in [-0.05, 0) is 41.8 Å². The number of hydrogen-bond donors (Lipinski definition) is 4. The topological polar surface area (TPSA) is 125 Å². The minimum absolute atomic E-state index is 0.0297. The molecule has 0 saturated carbocycles. The van der Waals surface area contributed by atoms with E-state index in [4.69, 9.17) is 21.5 Å². The summed E-state index contributed by atoms with van der Waals surface area (Å²) in [6.07, 6.45) is -4.66. The van der Waals surface area contributed by atoms with Gasteiger partial charge in [0.15, 0.2) is 0 Å². The van der Waals surface area contributed by atoms with Crippen LogP contribution in [0.4, 0.5) is 13.2 Å². The zero-order valence-corrected chi connectivity index (χ0v) is 23.2. The molecule has 1 heterocycles. The highest BCUT2D eigenvalue weighted by Gasteiger charge is 2.38. The molecular weight excluding hydrogens is 583 g/mol. The number of hydrogen-bond acceptors (Lipinski definition) is 5. The predicted octanol–water partition coefficient (Wildman–Crippen LogP) is 4.18. The van der Waals surface area contributed by atoms with Crippen LogP contribution in [0.1, 0.15) is 23.5 Å². The summed E-state index contributed by atoms with van der Waals surface area (Å²) in [6.45, 7) is 1.43. The van der Waals surface area contributed by atoms with Gasteiger partial charge in [0.25, 0.3) is 0 Å². The van der Waals surface area contributed by atoms with E-state index in [0.29, 0.717) is 31.1 Å². The van der Waals surface area contributed by atoms with Crippen LogP contribution in [0.3, 0.4) is 0 Å². The number of carboxylic acids is 1. The molecule has 3 aromatic rings. The summed E-state index contributed by atoms with van der Waals surface area (Å²) in [6, 6.07) is 25.8. The Morgan fingerprint density at radius 2 is 1.44 bits per heavy atom. The van der Waals surface area contributed by atoms with Gasteiger partial charge in [-0.2, -0.15) is 13.2 Å². The fourth-order valence-electron chi connectivity index (χ4n) is 4.28. The molecule has 1 fully saturated rings. The summed E-state index contributed by atoms with van der Waals surface area (Å²) in [7, 11) is -3.70. The maximum Gasteiger partial charge on any atom is 0.490 e. The average molecular weight is 612 g/mol. The number of benzene rings is 3. The summed E-state index contributed by atoms with van der Waals surface area (Å²) >= 11 is 5.87. The lowest BCUT2D eigenvalue weighted by atomic mass is 9.90. The molecule has 0 aromatic heterocycles. The van der Waals surface area contributed by atoms with E-state index in [1.807, 2.05) is 36.4 Å². The molecule has 3 aromatic carbocycles. The highest BCUT2D eigenvalue weighted by atomic mass is 35.5. The van der Waals surface area contributed by atoms with Crippen molar-refractivity contribution in [3.8, 4) is 0 Å². The van der Waals surface area contributed by atoms with Gasteiger partial charge in [0.2, 0.25) is 15.9 Å². The number of alkyl halides is 3. The van der Waals surface area contributed by atoms with E-state index < -0.39 is 22.2 Å². The lowest BCUT2D eigenvalue weighted by molar-refractivity contribution is -0.192. The maximum absolute atomic E-state index is 13.0. The second kappa shape index (κ2) is 14.4. The van der Waals surface area contributed by atoms with E-state index in [-0.39, 0.29) is 28.7 Å². The van der Waals surface area contributed by atoms with Gasteiger partial charge < -0.3 is 15.7 Å². The zero-order chi connectivity index (χ0) is 30.0. The third-order valence-corrected chi connectivity index (χ3v) is 8.08. The molecule has 41 heavy (non-hydrogen) atoms. The Hall–Kier alpha value is -3.45. The predicted molar refractivity (Wildman–Crippen MR) is 148 cm³/mol. The van der Waals surface area contributed by atoms with Gasteiger partial charge in [-0.1, -0.05) is 72.3 Å². The van der Waals surface area contributed by atoms with E-state index in [0.717, 1.165) is 11.1 Å². The van der Waals surface area contributed by atoms with Crippen LogP contribution in [0, 0.1) is 5.92 Å². The second-order valence-electron chi connectivity index (χ2n) is 9.29. The number of nitrogens with one attached hydrogen (secondary N) is 3. The Kier molecular flexibility index (Phi) is 11.3. The first-order valence-corrected chi connectivity index (χ1v) is 14.4. The molecule has 13 heteroatoms. The Morgan fingerprint density at radius 3 is 1.93 bits per heavy atom. The molecule has 1 aliphatic rings. The van der Waals surface area contributed by atoms with Crippen LogP contribution < -0.4 is 15.4 Å². The van der Waals surface area contributed by atoms with E-state index in [1.54, 1.807) is 12.1 Å². The molecule has 220 valence electrons. The van der Waals surface area contributed by atoms with Crippen LogP contribution in [-0.4, -0.2) is 57.3 Å². The highest BCUT2D eigenvalue weighted by molar-refractivity contribution is 7.89. The van der Waals surface area contributed by atoms with Gasteiger partial charge in [0.05, 0.1) is 10.8 Å². The number of sulfonamides is 1. The average Bonchev–Trinajstić information content (AvgIpc) is 2.94. The molecule has 0 aliphatic carbocycles. The van der Waals surface area contributed by atoms with Crippen LogP contribution in [0.15, 0.2) is 89.8 Å². The number of halogens is 4. The standard InChI is InChI=1S/C26H28ClN3O3S.C2HF3O2/c27-22-11-13-24(14-12-22)34(32,33)30-23-15-21(16-28-17-23)26(31)29-18-25(19-7-3-1-4-8-19)20-9-5-2-6-10-20;3-2(4,5)1(6)7/h1-14,21,23,25,28,30H,15-18H2,(H,29,31);(H,6,7)/t21-,23+;/m0./s1. The van der Waals surface area contributed by atoms with Gasteiger partial charge in [-0.15, -0.1) is 0 Å². The summed E-state index contributed by atoms with van der Waals surface area (Å²) in [5, 5.41) is 13.9. The quantitative estimate of drug-likeness (QED) is 0.303. The van der Waals surface area contributed by atoms with Crippen LogP contribution in [0.25, 0.3) is 0 Å². The zero-order valence-electron chi connectivity index (χ0n) is 21.6. The van der Waals surface area contributed by atoms with Crippen molar-refractivity contribution in [2.24, 2.45) is 5.92 Å². The number of piperidine rings is 1. The molecule has 4 N–H and O–H groups in total. The molecule has 0 unspecified atom stereocenters. The smallest absolute Gasteiger partial charge is 0.475 e. The third-order valence-electron chi connectivity index (χ3n) is 6.29. The minimum atomic E-state index is -5.08. The van der Waals surface area contributed by atoms with Gasteiger partial charge in [-0.25, -0.2) is 17.9 Å². The molecule has 2 atom stereocenters. The van der Waals surface area contributed by atoms with Gasteiger partial charge in [0, 0.05) is 36.6 Å². The molecule has 0 bridgehead atoms. The molecule has 8 nitrogen and oxygen atoms in total. The van der Waals surface area contributed by atoms with Crippen molar-refractivity contribution < 1.29 is 36.3 Å². The van der Waals surface area contributed by atoms with E-state index >= 15 is 0 Å². The van der Waals surface area contributed by atoms with Crippen LogP contribution in [0.5, 0.6) is 0 Å². The van der Waals surface area contributed by atoms with Gasteiger partial charge in [0.1, 0.15) is 0 Å². The van der Waals surface area contributed by atoms with Crippen LogP contribution in [0.2, 0.25) is 5.02 Å². The number of amides is 1. The van der Waals surface area contributed by atoms with Crippen molar-refractivity contribution in [3.05, 3.63) is 101 Å². The highest BCUT2D eigenvalue weighted by Crippen LogP contribution is 2.24. The summed E-state index contributed by atoms with van der Waals surface area (Å²) in [5.41, 5.74) is 2.26. The van der Waals surface area contributed by atoms with E-state index in [2.05, 4.69) is 39.6 Å². The van der Waals surface area contributed by atoms with Crippen molar-refractivity contribution in [2.45, 2.75) is 29.5 Å². The van der Waals surface area contributed by atoms with Gasteiger partial charge >= 0.3 is 12.1 Å². The largest absolute Gasteiger partial charge is 0.490 e. The molecule has 0 spiro atoms. The Labute approximate surface area is 241 Å². The molecule has 0 radical (unpaired) electrons. The first-order valence-electron chi connectivity index (χ1n) is 12.5.